The van der Waals surface area contributed by atoms with Crippen LogP contribution in [0.2, 0.25) is 0 Å². The van der Waals surface area contributed by atoms with E-state index in [-0.39, 0.29) is 23.4 Å². The molecule has 1 aromatic carbocycles. The van der Waals surface area contributed by atoms with E-state index in [2.05, 4.69) is 25.5 Å². The van der Waals surface area contributed by atoms with Gasteiger partial charge < -0.3 is 10.3 Å². The van der Waals surface area contributed by atoms with Crippen LogP contribution in [0.3, 0.4) is 0 Å². The molecule has 1 fully saturated rings. The van der Waals surface area contributed by atoms with Gasteiger partial charge in [-0.05, 0) is 49.9 Å². The van der Waals surface area contributed by atoms with Gasteiger partial charge in [0.05, 0.1) is 11.1 Å². The number of carbonyl (C=O) groups is 1. The molecule has 0 spiro atoms. The highest BCUT2D eigenvalue weighted by atomic mass is 16.2. The second-order valence-corrected chi connectivity index (χ2v) is 7.63. The van der Waals surface area contributed by atoms with Crippen molar-refractivity contribution in [2.24, 2.45) is 0 Å². The highest BCUT2D eigenvalue weighted by molar-refractivity contribution is 5.97. The van der Waals surface area contributed by atoms with Gasteiger partial charge in [0.15, 0.2) is 0 Å². The largest absolute Gasteiger partial charge is 0.348 e. The molecule has 29 heavy (non-hydrogen) atoms. The molecule has 0 aliphatic heterocycles. The quantitative estimate of drug-likeness (QED) is 0.502. The van der Waals surface area contributed by atoms with Crippen molar-refractivity contribution in [1.29, 1.82) is 0 Å². The van der Waals surface area contributed by atoms with Crippen molar-refractivity contribution in [3.05, 3.63) is 70.4 Å². The number of H-pyrrole nitrogens is 2. The summed E-state index contributed by atoms with van der Waals surface area (Å²) in [5.74, 6) is 0.182. The molecule has 0 radical (unpaired) electrons. The predicted molar refractivity (Wildman–Crippen MR) is 111 cm³/mol. The van der Waals surface area contributed by atoms with E-state index in [4.69, 9.17) is 0 Å². The fourth-order valence-corrected chi connectivity index (χ4v) is 4.30. The number of rotatable bonds is 3. The van der Waals surface area contributed by atoms with Crippen molar-refractivity contribution >= 4 is 27.7 Å². The monoisotopic (exact) mass is 387 g/mol. The van der Waals surface area contributed by atoms with Crippen LogP contribution in [0, 0.1) is 0 Å². The third-order valence-corrected chi connectivity index (χ3v) is 5.81. The van der Waals surface area contributed by atoms with Crippen molar-refractivity contribution in [3.8, 4) is 0 Å². The fourth-order valence-electron chi connectivity index (χ4n) is 4.30. The Kier molecular flexibility index (Phi) is 4.35. The average Bonchev–Trinajstić information content (AvgIpc) is 3.20. The van der Waals surface area contributed by atoms with Crippen molar-refractivity contribution < 1.29 is 4.79 Å². The molecule has 146 valence electrons. The van der Waals surface area contributed by atoms with Gasteiger partial charge in [0, 0.05) is 28.9 Å². The highest BCUT2D eigenvalue weighted by Crippen LogP contribution is 2.34. The first-order valence-corrected chi connectivity index (χ1v) is 9.91. The number of pyridine rings is 1. The molecule has 0 unspecified atom stereocenters. The molecule has 3 aromatic heterocycles. The molecule has 1 aliphatic rings. The topological polar surface area (TPSA) is 104 Å². The second-order valence-electron chi connectivity index (χ2n) is 7.63. The van der Waals surface area contributed by atoms with Gasteiger partial charge in [-0.15, -0.1) is 0 Å². The minimum Gasteiger partial charge on any atom is -0.348 e. The first-order valence-electron chi connectivity index (χ1n) is 9.91. The molecule has 7 nitrogen and oxygen atoms in total. The summed E-state index contributed by atoms with van der Waals surface area (Å²) in [6.07, 6.45) is 5.30. The van der Waals surface area contributed by atoms with E-state index < -0.39 is 0 Å². The van der Waals surface area contributed by atoms with E-state index in [0.717, 1.165) is 47.8 Å². The van der Waals surface area contributed by atoms with Gasteiger partial charge in [-0.1, -0.05) is 18.2 Å². The molecule has 3 N–H and O–H groups in total. The number of aromatic amines is 2. The van der Waals surface area contributed by atoms with Crippen LogP contribution in [-0.4, -0.2) is 32.1 Å². The fraction of sp³-hybridized carbons (Fsp3) is 0.273. The number of fused-ring (bicyclic) bond motifs is 2. The van der Waals surface area contributed by atoms with Crippen LogP contribution in [0.25, 0.3) is 21.8 Å². The van der Waals surface area contributed by atoms with Crippen molar-refractivity contribution in [2.75, 3.05) is 0 Å². The SMILES string of the molecule is O=C(NC1CCC(c2n[nH]c(=O)c3ccccc23)CC1)c1cc2cccnc2[nH]1. The number of nitrogens with one attached hydrogen (secondary N) is 3. The van der Waals surface area contributed by atoms with Gasteiger partial charge in [-0.3, -0.25) is 9.59 Å². The van der Waals surface area contributed by atoms with E-state index in [1.807, 2.05) is 42.5 Å². The Hall–Kier alpha value is -3.48. The van der Waals surface area contributed by atoms with E-state index in [1.54, 1.807) is 6.20 Å². The molecule has 0 saturated heterocycles. The molecule has 0 bridgehead atoms. The summed E-state index contributed by atoms with van der Waals surface area (Å²) in [6, 6.07) is 13.4. The molecule has 1 amide bonds. The average molecular weight is 387 g/mol. The lowest BCUT2D eigenvalue weighted by Gasteiger charge is -2.29. The zero-order chi connectivity index (χ0) is 19.8. The van der Waals surface area contributed by atoms with E-state index >= 15 is 0 Å². The maximum atomic E-state index is 12.6. The van der Waals surface area contributed by atoms with Crippen LogP contribution in [-0.2, 0) is 0 Å². The number of hydrogen-bond acceptors (Lipinski definition) is 4. The van der Waals surface area contributed by atoms with Gasteiger partial charge in [0.1, 0.15) is 11.3 Å². The third-order valence-electron chi connectivity index (χ3n) is 5.81. The van der Waals surface area contributed by atoms with Gasteiger partial charge in [-0.2, -0.15) is 5.10 Å². The van der Waals surface area contributed by atoms with Crippen LogP contribution in [0.1, 0.15) is 47.8 Å². The number of carbonyl (C=O) groups excluding carboxylic acids is 1. The zero-order valence-electron chi connectivity index (χ0n) is 15.8. The summed E-state index contributed by atoms with van der Waals surface area (Å²) < 4.78 is 0. The number of benzene rings is 1. The molecule has 1 aliphatic carbocycles. The van der Waals surface area contributed by atoms with E-state index in [9.17, 15) is 9.59 Å². The minimum absolute atomic E-state index is 0.0981. The second kappa shape index (κ2) is 7.16. The van der Waals surface area contributed by atoms with Crippen molar-refractivity contribution in [2.45, 2.75) is 37.6 Å². The molecule has 0 atom stereocenters. The summed E-state index contributed by atoms with van der Waals surface area (Å²) in [7, 11) is 0. The summed E-state index contributed by atoms with van der Waals surface area (Å²) in [6.45, 7) is 0. The maximum Gasteiger partial charge on any atom is 0.272 e. The molecule has 4 aromatic rings. The number of nitrogens with zero attached hydrogens (tertiary/aromatic N) is 2. The lowest BCUT2D eigenvalue weighted by molar-refractivity contribution is 0.0921. The van der Waals surface area contributed by atoms with Crippen molar-refractivity contribution in [1.82, 2.24) is 25.5 Å². The standard InChI is InChI=1S/C22H21N5O2/c28-21-17-6-2-1-5-16(17)19(26-27-21)13-7-9-15(10-8-13)24-22(29)18-12-14-4-3-11-23-20(14)25-18/h1-6,11-13,15H,7-10H2,(H,23,25)(H,24,29)(H,27,28). The van der Waals surface area contributed by atoms with E-state index in [1.165, 1.54) is 0 Å². The van der Waals surface area contributed by atoms with E-state index in [0.29, 0.717) is 11.1 Å². The molecule has 7 heteroatoms. The van der Waals surface area contributed by atoms with Gasteiger partial charge >= 0.3 is 0 Å². The van der Waals surface area contributed by atoms with Crippen molar-refractivity contribution in [3.63, 3.8) is 0 Å². The first kappa shape index (κ1) is 17.6. The van der Waals surface area contributed by atoms with Crippen LogP contribution in [0.15, 0.2) is 53.5 Å². The normalized spacial score (nSPS) is 19.4. The molecule has 3 heterocycles. The first-order chi connectivity index (χ1) is 14.2. The summed E-state index contributed by atoms with van der Waals surface area (Å²) >= 11 is 0. The lowest BCUT2D eigenvalue weighted by atomic mass is 9.82. The predicted octanol–water partition coefficient (Wildman–Crippen LogP) is 3.26. The number of amides is 1. The Bertz CT molecular complexity index is 1220. The summed E-state index contributed by atoms with van der Waals surface area (Å²) in [5.41, 5.74) is 2.05. The molecular formula is C22H21N5O2. The van der Waals surface area contributed by atoms with Gasteiger partial charge in [0.25, 0.3) is 11.5 Å². The smallest absolute Gasteiger partial charge is 0.272 e. The molecule has 1 saturated carbocycles. The Balaban J connectivity index is 1.28. The Morgan fingerprint density at radius 2 is 1.83 bits per heavy atom. The summed E-state index contributed by atoms with van der Waals surface area (Å²) in [5, 5.41) is 12.7. The Morgan fingerprint density at radius 3 is 2.62 bits per heavy atom. The van der Waals surface area contributed by atoms with Crippen LogP contribution >= 0.6 is 0 Å². The van der Waals surface area contributed by atoms with Gasteiger partial charge in [0.2, 0.25) is 0 Å². The maximum absolute atomic E-state index is 12.6. The minimum atomic E-state index is -0.155. The highest BCUT2D eigenvalue weighted by Gasteiger charge is 2.26. The van der Waals surface area contributed by atoms with Gasteiger partial charge in [-0.25, -0.2) is 10.1 Å². The Labute approximate surface area is 166 Å². The van der Waals surface area contributed by atoms with Crippen LogP contribution in [0.5, 0.6) is 0 Å². The third kappa shape index (κ3) is 3.29. The van der Waals surface area contributed by atoms with Crippen LogP contribution in [0.4, 0.5) is 0 Å². The molecular weight excluding hydrogens is 366 g/mol. The number of aromatic nitrogens is 4. The zero-order valence-corrected chi connectivity index (χ0v) is 15.8. The molecule has 5 rings (SSSR count). The lowest BCUT2D eigenvalue weighted by Crippen LogP contribution is -2.37. The number of hydrogen-bond donors (Lipinski definition) is 3. The summed E-state index contributed by atoms with van der Waals surface area (Å²) in [4.78, 5) is 32.0. The van der Waals surface area contributed by atoms with Crippen LogP contribution < -0.4 is 10.9 Å². The Morgan fingerprint density at radius 1 is 1.03 bits per heavy atom.